The van der Waals surface area contributed by atoms with Gasteiger partial charge in [-0.25, -0.2) is 4.98 Å². The van der Waals surface area contributed by atoms with Gasteiger partial charge < -0.3 is 15.0 Å². The maximum absolute atomic E-state index is 12.7. The minimum Gasteiger partial charge on any atom is -0.395 e. The van der Waals surface area contributed by atoms with Gasteiger partial charge in [-0.05, 0) is 32.9 Å². The lowest BCUT2D eigenvalue weighted by atomic mass is 10.2. The summed E-state index contributed by atoms with van der Waals surface area (Å²) in [4.78, 5) is 23.8. The summed E-state index contributed by atoms with van der Waals surface area (Å²) in [5.74, 6) is 0.821. The lowest BCUT2D eigenvalue weighted by Gasteiger charge is -2.31. The summed E-state index contributed by atoms with van der Waals surface area (Å²) in [5, 5.41) is 9.21. The van der Waals surface area contributed by atoms with Crippen molar-refractivity contribution in [2.75, 3.05) is 26.2 Å². The van der Waals surface area contributed by atoms with Crippen molar-refractivity contribution in [1.29, 1.82) is 0 Å². The maximum atomic E-state index is 12.7. The Hall–Kier alpha value is -1.40. The van der Waals surface area contributed by atoms with Crippen LogP contribution < -0.4 is 0 Å². The average molecular weight is 294 g/mol. The lowest BCUT2D eigenvalue weighted by molar-refractivity contribution is -0.137. The molecule has 0 radical (unpaired) electrons. The lowest BCUT2D eigenvalue weighted by Crippen LogP contribution is -2.48. The maximum Gasteiger partial charge on any atom is 0.240 e. The van der Waals surface area contributed by atoms with Crippen LogP contribution in [0.3, 0.4) is 0 Å². The Morgan fingerprint density at radius 2 is 2.14 bits per heavy atom. The summed E-state index contributed by atoms with van der Waals surface area (Å²) in [6, 6.07) is -0.135. The summed E-state index contributed by atoms with van der Waals surface area (Å²) in [6.07, 6.45) is 8.25. The Labute approximate surface area is 126 Å². The molecule has 2 N–H and O–H groups in total. The van der Waals surface area contributed by atoms with Crippen LogP contribution in [0.1, 0.15) is 38.4 Å². The number of rotatable bonds is 6. The van der Waals surface area contributed by atoms with Crippen molar-refractivity contribution in [2.24, 2.45) is 0 Å². The number of aromatic amines is 1. The van der Waals surface area contributed by atoms with Gasteiger partial charge in [0.05, 0.1) is 19.2 Å². The van der Waals surface area contributed by atoms with Crippen LogP contribution in [0.5, 0.6) is 0 Å². The van der Waals surface area contributed by atoms with Crippen LogP contribution >= 0.6 is 0 Å². The Morgan fingerprint density at radius 3 is 2.71 bits per heavy atom. The second kappa shape index (κ2) is 8.14. The van der Waals surface area contributed by atoms with Crippen LogP contribution in [0.2, 0.25) is 0 Å². The number of likely N-dealkylation sites (tertiary alicyclic amines) is 1. The van der Waals surface area contributed by atoms with E-state index in [9.17, 15) is 9.90 Å². The van der Waals surface area contributed by atoms with E-state index >= 15 is 0 Å². The summed E-state index contributed by atoms with van der Waals surface area (Å²) in [6.45, 7) is 4.68. The third kappa shape index (κ3) is 4.54. The molecule has 6 nitrogen and oxygen atoms in total. The van der Waals surface area contributed by atoms with Gasteiger partial charge in [0.1, 0.15) is 5.82 Å². The number of H-pyrrole nitrogens is 1. The zero-order chi connectivity index (χ0) is 15.1. The van der Waals surface area contributed by atoms with Gasteiger partial charge in [-0.3, -0.25) is 9.69 Å². The first kappa shape index (κ1) is 16.0. The molecule has 1 aliphatic rings. The molecule has 0 spiro atoms. The topological polar surface area (TPSA) is 72.5 Å². The third-order valence-electron chi connectivity index (χ3n) is 4.12. The molecule has 0 saturated carbocycles. The molecule has 6 heteroatoms. The molecule has 1 fully saturated rings. The second-order valence-corrected chi connectivity index (χ2v) is 5.65. The molecule has 2 rings (SSSR count). The monoisotopic (exact) mass is 294 g/mol. The summed E-state index contributed by atoms with van der Waals surface area (Å²) >= 11 is 0. The fourth-order valence-electron chi connectivity index (χ4n) is 2.86. The molecule has 1 saturated heterocycles. The van der Waals surface area contributed by atoms with E-state index in [-0.39, 0.29) is 18.6 Å². The highest BCUT2D eigenvalue weighted by atomic mass is 16.3. The zero-order valence-electron chi connectivity index (χ0n) is 12.8. The van der Waals surface area contributed by atoms with Crippen molar-refractivity contribution < 1.29 is 9.90 Å². The SMILES string of the molecule is CC(C(=O)N(CCO)Cc1ncc[nH]1)N1CCCCCC1. The van der Waals surface area contributed by atoms with E-state index in [1.807, 2.05) is 6.92 Å². The standard InChI is InChI=1S/C15H26N4O2/c1-13(18-8-4-2-3-5-9-18)15(21)19(10-11-20)12-14-16-6-7-17-14/h6-7,13,20H,2-5,8-12H2,1H3,(H,16,17). The van der Waals surface area contributed by atoms with Crippen LogP contribution in [-0.2, 0) is 11.3 Å². The third-order valence-corrected chi connectivity index (χ3v) is 4.12. The molecule has 2 heterocycles. The van der Waals surface area contributed by atoms with Gasteiger partial charge in [0.2, 0.25) is 5.91 Å². The van der Waals surface area contributed by atoms with Gasteiger partial charge in [-0.2, -0.15) is 0 Å². The van der Waals surface area contributed by atoms with Gasteiger partial charge in [-0.1, -0.05) is 12.8 Å². The predicted octanol–water partition coefficient (Wildman–Crippen LogP) is 0.995. The van der Waals surface area contributed by atoms with Crippen molar-refractivity contribution >= 4 is 5.91 Å². The quantitative estimate of drug-likeness (QED) is 0.821. The fraction of sp³-hybridized carbons (Fsp3) is 0.733. The number of aromatic nitrogens is 2. The van der Waals surface area contributed by atoms with Crippen LogP contribution in [0.15, 0.2) is 12.4 Å². The van der Waals surface area contributed by atoms with Crippen molar-refractivity contribution in [3.8, 4) is 0 Å². The van der Waals surface area contributed by atoms with Crippen molar-refractivity contribution in [3.63, 3.8) is 0 Å². The van der Waals surface area contributed by atoms with Gasteiger partial charge in [0.25, 0.3) is 0 Å². The van der Waals surface area contributed by atoms with Gasteiger partial charge in [0.15, 0.2) is 0 Å². The Kier molecular flexibility index (Phi) is 6.20. The van der Waals surface area contributed by atoms with E-state index in [1.165, 1.54) is 12.8 Å². The number of aliphatic hydroxyl groups is 1. The molecule has 118 valence electrons. The molecule has 1 aromatic rings. The summed E-state index contributed by atoms with van der Waals surface area (Å²) in [5.41, 5.74) is 0. The molecule has 0 aliphatic carbocycles. The van der Waals surface area contributed by atoms with E-state index in [0.717, 1.165) is 31.8 Å². The van der Waals surface area contributed by atoms with Gasteiger partial charge in [-0.15, -0.1) is 0 Å². The summed E-state index contributed by atoms with van der Waals surface area (Å²) < 4.78 is 0. The van der Waals surface area contributed by atoms with E-state index < -0.39 is 0 Å². The number of aliphatic hydroxyl groups excluding tert-OH is 1. The number of hydrogen-bond donors (Lipinski definition) is 2. The molecule has 21 heavy (non-hydrogen) atoms. The van der Waals surface area contributed by atoms with E-state index in [1.54, 1.807) is 17.3 Å². The van der Waals surface area contributed by atoms with Crippen LogP contribution in [0, 0.1) is 0 Å². The molecule has 0 aromatic carbocycles. The fourth-order valence-corrected chi connectivity index (χ4v) is 2.86. The largest absolute Gasteiger partial charge is 0.395 e. The Balaban J connectivity index is 1.98. The number of carbonyl (C=O) groups excluding carboxylic acids is 1. The average Bonchev–Trinajstić information content (AvgIpc) is 2.85. The Bertz CT molecular complexity index is 413. The van der Waals surface area contributed by atoms with E-state index in [2.05, 4.69) is 14.9 Å². The molecular weight excluding hydrogens is 268 g/mol. The van der Waals surface area contributed by atoms with Crippen LogP contribution in [0.25, 0.3) is 0 Å². The van der Waals surface area contributed by atoms with Crippen LogP contribution in [-0.4, -0.2) is 63.1 Å². The first-order valence-corrected chi connectivity index (χ1v) is 7.84. The molecule has 1 amide bonds. The second-order valence-electron chi connectivity index (χ2n) is 5.65. The number of amides is 1. The molecule has 1 aliphatic heterocycles. The summed E-state index contributed by atoms with van der Waals surface area (Å²) in [7, 11) is 0. The van der Waals surface area contributed by atoms with Gasteiger partial charge in [0, 0.05) is 18.9 Å². The molecular formula is C15H26N4O2. The smallest absolute Gasteiger partial charge is 0.240 e. The van der Waals surface area contributed by atoms with Crippen molar-refractivity contribution in [1.82, 2.24) is 19.8 Å². The van der Waals surface area contributed by atoms with Crippen molar-refractivity contribution in [2.45, 2.75) is 45.2 Å². The van der Waals surface area contributed by atoms with E-state index in [4.69, 9.17) is 0 Å². The molecule has 1 unspecified atom stereocenters. The van der Waals surface area contributed by atoms with Crippen LogP contribution in [0.4, 0.5) is 0 Å². The molecule has 1 atom stereocenters. The number of hydrogen-bond acceptors (Lipinski definition) is 4. The minimum atomic E-state index is -0.135. The first-order valence-electron chi connectivity index (χ1n) is 7.84. The highest BCUT2D eigenvalue weighted by Crippen LogP contribution is 2.14. The highest BCUT2D eigenvalue weighted by molar-refractivity contribution is 5.81. The normalized spacial score (nSPS) is 18.2. The van der Waals surface area contributed by atoms with E-state index in [0.29, 0.717) is 13.1 Å². The Morgan fingerprint density at radius 1 is 1.43 bits per heavy atom. The number of nitrogens with one attached hydrogen (secondary N) is 1. The number of carbonyl (C=O) groups is 1. The number of imidazole rings is 1. The predicted molar refractivity (Wildman–Crippen MR) is 80.6 cm³/mol. The highest BCUT2D eigenvalue weighted by Gasteiger charge is 2.26. The molecule has 0 bridgehead atoms. The van der Waals surface area contributed by atoms with Crippen molar-refractivity contribution in [3.05, 3.63) is 18.2 Å². The first-order chi connectivity index (χ1) is 10.2. The zero-order valence-corrected chi connectivity index (χ0v) is 12.8. The molecule has 1 aromatic heterocycles. The number of nitrogens with zero attached hydrogens (tertiary/aromatic N) is 3. The van der Waals surface area contributed by atoms with Gasteiger partial charge >= 0.3 is 0 Å². The minimum absolute atomic E-state index is 0.0286.